The van der Waals surface area contributed by atoms with Crippen LogP contribution in [0.15, 0.2) is 36.9 Å². The maximum atomic E-state index is 12.4. The third-order valence-electron chi connectivity index (χ3n) is 3.47. The number of hydrogen-bond acceptors (Lipinski definition) is 6. The van der Waals surface area contributed by atoms with E-state index in [1.807, 2.05) is 4.90 Å². The molecule has 2 N–H and O–H groups in total. The predicted molar refractivity (Wildman–Crippen MR) is 78.8 cm³/mol. The molecule has 1 fully saturated rings. The first-order valence-electron chi connectivity index (χ1n) is 6.76. The molecule has 2 aromatic heterocycles. The minimum atomic E-state index is -0.0127. The van der Waals surface area contributed by atoms with Gasteiger partial charge in [0.1, 0.15) is 11.6 Å². The summed E-state index contributed by atoms with van der Waals surface area (Å²) >= 11 is 0. The summed E-state index contributed by atoms with van der Waals surface area (Å²) < 4.78 is 0. The van der Waals surface area contributed by atoms with E-state index < -0.39 is 0 Å². The molecule has 7 heteroatoms. The summed E-state index contributed by atoms with van der Waals surface area (Å²) in [4.78, 5) is 28.6. The first kappa shape index (κ1) is 13.3. The van der Waals surface area contributed by atoms with E-state index in [0.717, 1.165) is 18.9 Å². The Hall–Kier alpha value is -2.70. The van der Waals surface area contributed by atoms with Crippen molar-refractivity contribution in [3.05, 3.63) is 42.5 Å². The molecule has 0 spiro atoms. The molecule has 0 atom stereocenters. The molecule has 1 aliphatic heterocycles. The van der Waals surface area contributed by atoms with Gasteiger partial charge in [-0.1, -0.05) is 0 Å². The van der Waals surface area contributed by atoms with Crippen LogP contribution in [-0.2, 0) is 0 Å². The van der Waals surface area contributed by atoms with Crippen LogP contribution in [0.2, 0.25) is 0 Å². The van der Waals surface area contributed by atoms with Gasteiger partial charge in [0.15, 0.2) is 0 Å². The van der Waals surface area contributed by atoms with Crippen LogP contribution in [0.4, 0.5) is 11.6 Å². The fraction of sp³-hybridized carbons (Fsp3) is 0.286. The van der Waals surface area contributed by atoms with Gasteiger partial charge in [-0.25, -0.2) is 9.97 Å². The van der Waals surface area contributed by atoms with Gasteiger partial charge in [0.2, 0.25) is 0 Å². The van der Waals surface area contributed by atoms with Crippen molar-refractivity contribution in [3.8, 4) is 0 Å². The summed E-state index contributed by atoms with van der Waals surface area (Å²) in [7, 11) is 0. The summed E-state index contributed by atoms with van der Waals surface area (Å²) in [6.07, 6.45) is 6.58. The molecule has 21 heavy (non-hydrogen) atoms. The Morgan fingerprint density at radius 2 is 1.86 bits per heavy atom. The van der Waals surface area contributed by atoms with Gasteiger partial charge in [-0.05, 0) is 12.1 Å². The monoisotopic (exact) mass is 284 g/mol. The number of nitrogens with zero attached hydrogens (tertiary/aromatic N) is 5. The second kappa shape index (κ2) is 5.74. The van der Waals surface area contributed by atoms with Crippen LogP contribution in [0.5, 0.6) is 0 Å². The largest absolute Gasteiger partial charge is 0.384 e. The Labute approximate surface area is 122 Å². The van der Waals surface area contributed by atoms with Gasteiger partial charge in [0.25, 0.3) is 5.91 Å². The van der Waals surface area contributed by atoms with Crippen molar-refractivity contribution in [1.29, 1.82) is 0 Å². The number of pyridine rings is 1. The van der Waals surface area contributed by atoms with Crippen LogP contribution >= 0.6 is 0 Å². The molecule has 1 amide bonds. The lowest BCUT2D eigenvalue weighted by Crippen LogP contribution is -2.49. The zero-order chi connectivity index (χ0) is 14.7. The lowest BCUT2D eigenvalue weighted by molar-refractivity contribution is 0.0746. The number of hydrogen-bond donors (Lipinski definition) is 1. The predicted octanol–water partition coefficient (Wildman–Crippen LogP) is 0.416. The minimum absolute atomic E-state index is 0.0127. The van der Waals surface area contributed by atoms with Gasteiger partial charge in [0, 0.05) is 44.8 Å². The molecule has 2 aromatic rings. The van der Waals surface area contributed by atoms with E-state index in [-0.39, 0.29) is 5.91 Å². The van der Waals surface area contributed by atoms with Gasteiger partial charge >= 0.3 is 0 Å². The molecule has 0 unspecified atom stereocenters. The number of nitrogens with two attached hydrogens (primary N) is 1. The number of piperazine rings is 1. The number of anilines is 2. The zero-order valence-electron chi connectivity index (χ0n) is 11.5. The van der Waals surface area contributed by atoms with E-state index in [1.54, 1.807) is 30.7 Å². The molecule has 3 heterocycles. The van der Waals surface area contributed by atoms with Crippen molar-refractivity contribution in [2.75, 3.05) is 36.8 Å². The highest BCUT2D eigenvalue weighted by atomic mass is 16.2. The van der Waals surface area contributed by atoms with Crippen LogP contribution < -0.4 is 10.6 Å². The van der Waals surface area contributed by atoms with Crippen LogP contribution in [0.25, 0.3) is 0 Å². The van der Waals surface area contributed by atoms with Crippen LogP contribution in [0.1, 0.15) is 10.4 Å². The van der Waals surface area contributed by atoms with Crippen molar-refractivity contribution >= 4 is 17.5 Å². The number of aromatic nitrogens is 3. The third-order valence-corrected chi connectivity index (χ3v) is 3.47. The molecule has 0 aliphatic carbocycles. The smallest absolute Gasteiger partial charge is 0.255 e. The fourth-order valence-electron chi connectivity index (χ4n) is 2.31. The molecule has 1 aliphatic rings. The molecular formula is C14H16N6O. The molecular weight excluding hydrogens is 268 g/mol. The van der Waals surface area contributed by atoms with Crippen molar-refractivity contribution < 1.29 is 4.79 Å². The lowest BCUT2D eigenvalue weighted by Gasteiger charge is -2.35. The van der Waals surface area contributed by atoms with E-state index in [2.05, 4.69) is 19.9 Å². The maximum Gasteiger partial charge on any atom is 0.255 e. The summed E-state index contributed by atoms with van der Waals surface area (Å²) in [6, 6.07) is 3.35. The Morgan fingerprint density at radius 1 is 1.05 bits per heavy atom. The van der Waals surface area contributed by atoms with Crippen molar-refractivity contribution in [2.45, 2.75) is 0 Å². The molecule has 7 nitrogen and oxygen atoms in total. The topological polar surface area (TPSA) is 88.2 Å². The van der Waals surface area contributed by atoms with Crippen LogP contribution in [-0.4, -0.2) is 51.9 Å². The van der Waals surface area contributed by atoms with Crippen molar-refractivity contribution in [3.63, 3.8) is 0 Å². The van der Waals surface area contributed by atoms with Gasteiger partial charge in [-0.2, -0.15) is 0 Å². The standard InChI is InChI=1S/C14H16N6O/c15-12-2-1-11(9-18-12)14(21)20-7-5-19(6-8-20)13-10-16-3-4-17-13/h1-4,9-10H,5-8H2,(H2,15,18). The lowest BCUT2D eigenvalue weighted by atomic mass is 10.2. The van der Waals surface area contributed by atoms with E-state index in [1.165, 1.54) is 6.20 Å². The molecule has 1 saturated heterocycles. The average Bonchev–Trinajstić information content (AvgIpc) is 2.56. The van der Waals surface area contributed by atoms with Crippen molar-refractivity contribution in [1.82, 2.24) is 19.9 Å². The molecule has 0 radical (unpaired) electrons. The third kappa shape index (κ3) is 2.91. The molecule has 108 valence electrons. The highest BCUT2D eigenvalue weighted by Gasteiger charge is 2.22. The maximum absolute atomic E-state index is 12.4. The first-order valence-corrected chi connectivity index (χ1v) is 6.76. The van der Waals surface area contributed by atoms with Crippen LogP contribution in [0.3, 0.4) is 0 Å². The molecule has 0 aromatic carbocycles. The van der Waals surface area contributed by atoms with Gasteiger partial charge in [0.05, 0.1) is 11.8 Å². The van der Waals surface area contributed by atoms with Gasteiger partial charge in [-0.15, -0.1) is 0 Å². The first-order chi connectivity index (χ1) is 10.2. The number of rotatable bonds is 2. The summed E-state index contributed by atoms with van der Waals surface area (Å²) in [6.45, 7) is 2.79. The number of carbonyl (C=O) groups excluding carboxylic acids is 1. The van der Waals surface area contributed by atoms with E-state index in [0.29, 0.717) is 24.5 Å². The van der Waals surface area contributed by atoms with Crippen molar-refractivity contribution in [2.24, 2.45) is 0 Å². The van der Waals surface area contributed by atoms with Gasteiger partial charge < -0.3 is 15.5 Å². The number of carbonyl (C=O) groups is 1. The van der Waals surface area contributed by atoms with Gasteiger partial charge in [-0.3, -0.25) is 9.78 Å². The normalized spacial score (nSPS) is 15.0. The number of nitrogen functional groups attached to an aromatic ring is 1. The Kier molecular flexibility index (Phi) is 3.63. The summed E-state index contributed by atoms with van der Waals surface area (Å²) in [5.74, 6) is 1.25. The summed E-state index contributed by atoms with van der Waals surface area (Å²) in [5.41, 5.74) is 6.10. The van der Waals surface area contributed by atoms with E-state index in [4.69, 9.17) is 5.73 Å². The zero-order valence-corrected chi connectivity index (χ0v) is 11.5. The molecule has 0 bridgehead atoms. The Bertz CT molecular complexity index is 607. The van der Waals surface area contributed by atoms with E-state index >= 15 is 0 Å². The average molecular weight is 284 g/mol. The Morgan fingerprint density at radius 3 is 2.48 bits per heavy atom. The fourth-order valence-corrected chi connectivity index (χ4v) is 2.31. The SMILES string of the molecule is Nc1ccc(C(=O)N2CCN(c3cnccn3)CC2)cn1. The quantitative estimate of drug-likeness (QED) is 0.859. The van der Waals surface area contributed by atoms with Crippen LogP contribution in [0, 0.1) is 0 Å². The highest BCUT2D eigenvalue weighted by molar-refractivity contribution is 5.94. The second-order valence-corrected chi connectivity index (χ2v) is 4.81. The number of amides is 1. The van der Waals surface area contributed by atoms with E-state index in [9.17, 15) is 4.79 Å². The molecule has 3 rings (SSSR count). The highest BCUT2D eigenvalue weighted by Crippen LogP contribution is 2.13. The Balaban J connectivity index is 1.63. The minimum Gasteiger partial charge on any atom is -0.384 e. The summed E-state index contributed by atoms with van der Waals surface area (Å²) in [5, 5.41) is 0. The second-order valence-electron chi connectivity index (χ2n) is 4.81. The molecule has 0 saturated carbocycles.